The average molecular weight is 284 g/mol. The fourth-order valence-corrected chi connectivity index (χ4v) is 3.37. The van der Waals surface area contributed by atoms with E-state index in [1.54, 1.807) is 0 Å². The largest absolute Gasteiger partial charge is 0.310 e. The lowest BCUT2D eigenvalue weighted by Crippen LogP contribution is -2.27. The number of fused-ring (bicyclic) bond motifs is 1. The van der Waals surface area contributed by atoms with Gasteiger partial charge in [0.05, 0.1) is 0 Å². The summed E-state index contributed by atoms with van der Waals surface area (Å²) in [5.74, 6) is 0.158. The van der Waals surface area contributed by atoms with Crippen LogP contribution in [0.3, 0.4) is 0 Å². The average Bonchev–Trinajstić information content (AvgIpc) is 2.92. The lowest BCUT2D eigenvalue weighted by Gasteiger charge is -2.26. The molecule has 0 fully saturated rings. The van der Waals surface area contributed by atoms with E-state index in [-0.39, 0.29) is 17.8 Å². The lowest BCUT2D eigenvalue weighted by molar-refractivity contribution is 0.428. The Morgan fingerprint density at radius 3 is 3.00 bits per heavy atom. The topological polar surface area (TPSA) is 24.9 Å². The van der Waals surface area contributed by atoms with Crippen molar-refractivity contribution in [1.29, 1.82) is 0 Å². The molecule has 1 aliphatic rings. The van der Waals surface area contributed by atoms with Crippen LogP contribution in [0.2, 0.25) is 0 Å². The molecule has 2 unspecified atom stereocenters. The Labute approximate surface area is 125 Å². The van der Waals surface area contributed by atoms with Gasteiger partial charge in [-0.05, 0) is 43.5 Å². The normalized spacial score (nSPS) is 18.5. The van der Waals surface area contributed by atoms with Gasteiger partial charge in [-0.3, -0.25) is 4.98 Å². The Morgan fingerprint density at radius 1 is 1.33 bits per heavy atom. The zero-order chi connectivity index (χ0) is 14.8. The molecule has 1 aromatic carbocycles. The number of nitrogens with zero attached hydrogens (tertiary/aromatic N) is 1. The number of likely N-dealkylation sites (N-methyl/N-ethyl adjacent to an activating group) is 1. The second-order valence-corrected chi connectivity index (χ2v) is 5.71. The number of rotatable bonds is 4. The summed E-state index contributed by atoms with van der Waals surface area (Å²) in [6.45, 7) is 4.70. The summed E-state index contributed by atoms with van der Waals surface area (Å²) in [4.78, 5) is 4.56. The van der Waals surface area contributed by atoms with Gasteiger partial charge in [-0.2, -0.15) is 0 Å². The molecule has 3 rings (SSSR count). The van der Waals surface area contributed by atoms with Crippen LogP contribution in [0.4, 0.5) is 4.39 Å². The summed E-state index contributed by atoms with van der Waals surface area (Å²) >= 11 is 0. The minimum atomic E-state index is -0.0900. The van der Waals surface area contributed by atoms with Gasteiger partial charge in [-0.1, -0.05) is 31.2 Å². The van der Waals surface area contributed by atoms with Gasteiger partial charge in [0.15, 0.2) is 0 Å². The molecule has 0 spiro atoms. The predicted octanol–water partition coefficient (Wildman–Crippen LogP) is 3.91. The Bertz CT molecular complexity index is 639. The van der Waals surface area contributed by atoms with Gasteiger partial charge in [0, 0.05) is 29.4 Å². The Balaban J connectivity index is 2.02. The van der Waals surface area contributed by atoms with Gasteiger partial charge in [-0.25, -0.2) is 4.39 Å². The SMILES string of the molecule is CCNC(c1cccc(C)c1F)C1CCc2cccnc21. The van der Waals surface area contributed by atoms with Gasteiger partial charge < -0.3 is 5.32 Å². The van der Waals surface area contributed by atoms with E-state index in [0.29, 0.717) is 5.56 Å². The quantitative estimate of drug-likeness (QED) is 0.920. The molecule has 1 aromatic heterocycles. The summed E-state index contributed by atoms with van der Waals surface area (Å²) in [6.07, 6.45) is 3.90. The first kappa shape index (κ1) is 14.2. The third kappa shape index (κ3) is 2.58. The van der Waals surface area contributed by atoms with Crippen molar-refractivity contribution < 1.29 is 4.39 Å². The fourth-order valence-electron chi connectivity index (χ4n) is 3.37. The number of pyridine rings is 1. The van der Waals surface area contributed by atoms with Crippen molar-refractivity contribution in [2.45, 2.75) is 38.6 Å². The van der Waals surface area contributed by atoms with Gasteiger partial charge in [0.2, 0.25) is 0 Å². The van der Waals surface area contributed by atoms with Crippen LogP contribution in [0.25, 0.3) is 0 Å². The molecular formula is C18H21FN2. The molecule has 0 saturated heterocycles. The minimum absolute atomic E-state index is 0.00829. The van der Waals surface area contributed by atoms with Crippen LogP contribution in [0.15, 0.2) is 36.5 Å². The van der Waals surface area contributed by atoms with Crippen molar-refractivity contribution in [2.75, 3.05) is 6.54 Å². The van der Waals surface area contributed by atoms with E-state index < -0.39 is 0 Å². The van der Waals surface area contributed by atoms with Crippen molar-refractivity contribution in [3.63, 3.8) is 0 Å². The van der Waals surface area contributed by atoms with E-state index in [4.69, 9.17) is 0 Å². The second-order valence-electron chi connectivity index (χ2n) is 5.71. The molecule has 21 heavy (non-hydrogen) atoms. The molecule has 3 heteroatoms. The zero-order valence-electron chi connectivity index (χ0n) is 12.6. The number of nitrogens with one attached hydrogen (secondary N) is 1. The van der Waals surface area contributed by atoms with Gasteiger partial charge in [0.1, 0.15) is 5.82 Å². The number of aromatic nitrogens is 1. The number of aryl methyl sites for hydroxylation is 2. The predicted molar refractivity (Wildman–Crippen MR) is 82.9 cm³/mol. The summed E-state index contributed by atoms with van der Waals surface area (Å²) in [6, 6.07) is 9.77. The van der Waals surface area contributed by atoms with Gasteiger partial charge in [-0.15, -0.1) is 0 Å². The van der Waals surface area contributed by atoms with E-state index in [0.717, 1.165) is 30.6 Å². The minimum Gasteiger partial charge on any atom is -0.310 e. The molecule has 1 aliphatic carbocycles. The maximum absolute atomic E-state index is 14.5. The van der Waals surface area contributed by atoms with E-state index in [2.05, 4.69) is 23.3 Å². The molecule has 2 nitrogen and oxygen atoms in total. The molecular weight excluding hydrogens is 263 g/mol. The first-order valence-electron chi connectivity index (χ1n) is 7.64. The lowest BCUT2D eigenvalue weighted by atomic mass is 9.89. The molecule has 0 aliphatic heterocycles. The highest BCUT2D eigenvalue weighted by atomic mass is 19.1. The highest BCUT2D eigenvalue weighted by molar-refractivity contribution is 5.35. The third-order valence-electron chi connectivity index (χ3n) is 4.39. The Morgan fingerprint density at radius 2 is 2.19 bits per heavy atom. The molecule has 0 saturated carbocycles. The van der Waals surface area contributed by atoms with E-state index in [1.807, 2.05) is 37.4 Å². The first-order valence-corrected chi connectivity index (χ1v) is 7.64. The van der Waals surface area contributed by atoms with E-state index in [9.17, 15) is 4.39 Å². The van der Waals surface area contributed by atoms with Crippen molar-refractivity contribution in [3.05, 3.63) is 64.7 Å². The molecule has 2 aromatic rings. The molecule has 2 atom stereocenters. The van der Waals surface area contributed by atoms with Crippen LogP contribution in [-0.2, 0) is 6.42 Å². The van der Waals surface area contributed by atoms with E-state index >= 15 is 0 Å². The van der Waals surface area contributed by atoms with Crippen molar-refractivity contribution in [1.82, 2.24) is 10.3 Å². The molecule has 0 radical (unpaired) electrons. The zero-order valence-corrected chi connectivity index (χ0v) is 12.6. The second kappa shape index (κ2) is 5.94. The molecule has 110 valence electrons. The number of halogens is 1. The summed E-state index contributed by atoms with van der Waals surface area (Å²) in [7, 11) is 0. The molecule has 1 N–H and O–H groups in total. The van der Waals surface area contributed by atoms with Crippen LogP contribution in [0.1, 0.15) is 47.7 Å². The van der Waals surface area contributed by atoms with Crippen molar-refractivity contribution in [3.8, 4) is 0 Å². The van der Waals surface area contributed by atoms with Crippen LogP contribution < -0.4 is 5.32 Å². The van der Waals surface area contributed by atoms with Crippen LogP contribution in [-0.4, -0.2) is 11.5 Å². The highest BCUT2D eigenvalue weighted by Gasteiger charge is 2.32. The van der Waals surface area contributed by atoms with Crippen LogP contribution >= 0.6 is 0 Å². The van der Waals surface area contributed by atoms with E-state index in [1.165, 1.54) is 5.56 Å². The number of benzene rings is 1. The Kier molecular flexibility index (Phi) is 4.02. The standard InChI is InChI=1S/C18H21FN2/c1-3-20-18(14-8-4-6-12(2)16(14)19)15-10-9-13-7-5-11-21-17(13)15/h4-8,11,15,18,20H,3,9-10H2,1-2H3. The molecule has 0 bridgehead atoms. The smallest absolute Gasteiger partial charge is 0.130 e. The summed E-state index contributed by atoms with van der Waals surface area (Å²) in [5, 5.41) is 3.47. The first-order chi connectivity index (χ1) is 10.2. The monoisotopic (exact) mass is 284 g/mol. The highest BCUT2D eigenvalue weighted by Crippen LogP contribution is 2.41. The Hall–Kier alpha value is -1.74. The number of hydrogen-bond acceptors (Lipinski definition) is 2. The summed E-state index contributed by atoms with van der Waals surface area (Å²) in [5.41, 5.74) is 3.90. The maximum atomic E-state index is 14.5. The summed E-state index contributed by atoms with van der Waals surface area (Å²) < 4.78 is 14.5. The van der Waals surface area contributed by atoms with Gasteiger partial charge >= 0.3 is 0 Å². The molecule has 0 amide bonds. The van der Waals surface area contributed by atoms with Crippen LogP contribution in [0, 0.1) is 12.7 Å². The van der Waals surface area contributed by atoms with Crippen molar-refractivity contribution in [2.24, 2.45) is 0 Å². The maximum Gasteiger partial charge on any atom is 0.130 e. The van der Waals surface area contributed by atoms with Crippen LogP contribution in [0.5, 0.6) is 0 Å². The molecule has 1 heterocycles. The van der Waals surface area contributed by atoms with Gasteiger partial charge in [0.25, 0.3) is 0 Å². The fraction of sp³-hybridized carbons (Fsp3) is 0.389. The third-order valence-corrected chi connectivity index (χ3v) is 4.39. The van der Waals surface area contributed by atoms with Crippen molar-refractivity contribution >= 4 is 0 Å². The number of hydrogen-bond donors (Lipinski definition) is 1.